The van der Waals surface area contributed by atoms with E-state index in [2.05, 4.69) is 10.6 Å². The zero-order valence-corrected chi connectivity index (χ0v) is 22.7. The lowest BCUT2D eigenvalue weighted by Crippen LogP contribution is -2.48. The van der Waals surface area contributed by atoms with Gasteiger partial charge in [0, 0.05) is 23.5 Å². The van der Waals surface area contributed by atoms with Crippen LogP contribution in [0, 0.1) is 5.92 Å². The fourth-order valence-corrected chi connectivity index (χ4v) is 4.16. The zero-order chi connectivity index (χ0) is 30.7. The number of halogens is 6. The Morgan fingerprint density at radius 2 is 1.56 bits per heavy atom. The first-order chi connectivity index (χ1) is 19.0. The van der Waals surface area contributed by atoms with E-state index < -0.39 is 53.0 Å². The third kappa shape index (κ3) is 7.59. The summed E-state index contributed by atoms with van der Waals surface area (Å²) in [7, 11) is 0. The van der Waals surface area contributed by atoms with Crippen molar-refractivity contribution in [2.75, 3.05) is 18.5 Å². The molecular weight excluding hydrogens is 556 g/mol. The van der Waals surface area contributed by atoms with Crippen LogP contribution in [0.15, 0.2) is 53.7 Å². The number of hydrogen-bond donors (Lipinski definition) is 2. The Morgan fingerprint density at radius 3 is 2.05 bits per heavy atom. The molecule has 0 aromatic heterocycles. The van der Waals surface area contributed by atoms with Gasteiger partial charge in [0.25, 0.3) is 5.91 Å². The summed E-state index contributed by atoms with van der Waals surface area (Å²) in [6.45, 7) is 7.76. The van der Waals surface area contributed by atoms with Crippen LogP contribution in [0.1, 0.15) is 67.2 Å². The first kappa shape index (κ1) is 31.5. The number of esters is 1. The van der Waals surface area contributed by atoms with E-state index in [4.69, 9.17) is 4.74 Å². The maximum absolute atomic E-state index is 13.2. The van der Waals surface area contributed by atoms with Crippen LogP contribution in [0.3, 0.4) is 0 Å². The van der Waals surface area contributed by atoms with Gasteiger partial charge in [-0.3, -0.25) is 9.69 Å². The molecule has 1 atom stereocenters. The molecule has 0 spiro atoms. The smallest absolute Gasteiger partial charge is 0.416 e. The molecule has 0 saturated heterocycles. The summed E-state index contributed by atoms with van der Waals surface area (Å²) in [6.07, 6.45) is -9.57. The quantitative estimate of drug-likeness (QED) is 0.260. The molecule has 0 radical (unpaired) electrons. The van der Waals surface area contributed by atoms with E-state index in [9.17, 15) is 40.7 Å². The third-order valence-electron chi connectivity index (χ3n) is 6.16. The summed E-state index contributed by atoms with van der Waals surface area (Å²) in [6, 6.07) is 4.90. The molecule has 2 aromatic carbocycles. The Kier molecular flexibility index (Phi) is 9.40. The molecule has 3 rings (SSSR count). The number of allylic oxidation sites excluding steroid dienone is 1. The molecule has 13 heteroatoms. The summed E-state index contributed by atoms with van der Waals surface area (Å²) in [4.78, 5) is 39.9. The Balaban J connectivity index is 1.90. The molecule has 1 unspecified atom stereocenters. The lowest BCUT2D eigenvalue weighted by atomic mass is 9.94. The highest BCUT2D eigenvalue weighted by Gasteiger charge is 2.38. The molecule has 7 nitrogen and oxygen atoms in total. The summed E-state index contributed by atoms with van der Waals surface area (Å²) in [5.74, 6) is -1.75. The third-order valence-corrected chi connectivity index (χ3v) is 6.16. The van der Waals surface area contributed by atoms with E-state index in [0.29, 0.717) is 36.4 Å². The molecule has 0 bridgehead atoms. The van der Waals surface area contributed by atoms with Crippen molar-refractivity contribution in [3.63, 3.8) is 0 Å². The van der Waals surface area contributed by atoms with Crippen LogP contribution in [0.4, 0.5) is 36.8 Å². The van der Waals surface area contributed by atoms with Gasteiger partial charge in [0.1, 0.15) is 0 Å². The zero-order valence-electron chi connectivity index (χ0n) is 22.7. The average molecular weight is 586 g/mol. The lowest BCUT2D eigenvalue weighted by Gasteiger charge is -2.35. The van der Waals surface area contributed by atoms with Gasteiger partial charge < -0.3 is 15.4 Å². The summed E-state index contributed by atoms with van der Waals surface area (Å²) < 4.78 is 84.5. The van der Waals surface area contributed by atoms with Gasteiger partial charge in [0.15, 0.2) is 0 Å². The van der Waals surface area contributed by atoms with Gasteiger partial charge in [0.05, 0.1) is 29.3 Å². The molecule has 222 valence electrons. The Hall–Kier alpha value is -4.03. The normalized spacial score (nSPS) is 16.1. The molecule has 41 heavy (non-hydrogen) atoms. The van der Waals surface area contributed by atoms with Crippen molar-refractivity contribution < 1.29 is 45.5 Å². The fraction of sp³-hybridized carbons (Fsp3) is 0.393. The van der Waals surface area contributed by atoms with Crippen molar-refractivity contribution >= 4 is 23.6 Å². The Bertz CT molecular complexity index is 1300. The lowest BCUT2D eigenvalue weighted by molar-refractivity contribution is -0.143. The molecule has 2 aromatic rings. The minimum atomic E-state index is -5.10. The van der Waals surface area contributed by atoms with Gasteiger partial charge in [-0.2, -0.15) is 26.3 Å². The molecule has 0 fully saturated rings. The monoisotopic (exact) mass is 585 g/mol. The number of urea groups is 1. The number of carbonyl (C=O) groups excluding carboxylic acids is 3. The summed E-state index contributed by atoms with van der Waals surface area (Å²) in [5.41, 5.74) is -2.95. The van der Waals surface area contributed by atoms with Crippen LogP contribution in [0.25, 0.3) is 0 Å². The van der Waals surface area contributed by atoms with Crippen LogP contribution in [-0.2, 0) is 21.9 Å². The Labute approximate surface area is 232 Å². The average Bonchev–Trinajstić information content (AvgIpc) is 2.88. The summed E-state index contributed by atoms with van der Waals surface area (Å²) in [5, 5.41) is 5.05. The number of benzene rings is 2. The van der Waals surface area contributed by atoms with E-state index in [1.807, 2.05) is 20.8 Å². The topological polar surface area (TPSA) is 87.7 Å². The first-order valence-electron chi connectivity index (χ1n) is 12.7. The summed E-state index contributed by atoms with van der Waals surface area (Å²) >= 11 is 0. The van der Waals surface area contributed by atoms with Crippen molar-refractivity contribution in [1.82, 2.24) is 10.2 Å². The molecule has 1 heterocycles. The van der Waals surface area contributed by atoms with E-state index in [1.165, 1.54) is 29.2 Å². The van der Waals surface area contributed by atoms with Gasteiger partial charge in [0.2, 0.25) is 0 Å². The number of alkyl halides is 6. The van der Waals surface area contributed by atoms with Crippen LogP contribution in [0.2, 0.25) is 0 Å². The molecular formula is C28H29F6N3O4. The fourth-order valence-electron chi connectivity index (χ4n) is 4.16. The molecule has 3 amide bonds. The van der Waals surface area contributed by atoms with Crippen molar-refractivity contribution in [3.05, 3.63) is 76.0 Å². The number of amides is 3. The maximum atomic E-state index is 13.2. The predicted molar refractivity (Wildman–Crippen MR) is 138 cm³/mol. The van der Waals surface area contributed by atoms with Crippen molar-refractivity contribution in [1.29, 1.82) is 0 Å². The molecule has 1 aliphatic rings. The van der Waals surface area contributed by atoms with Crippen LogP contribution in [0.5, 0.6) is 0 Å². The minimum Gasteiger partial charge on any atom is -0.462 e. The van der Waals surface area contributed by atoms with E-state index in [-0.39, 0.29) is 29.9 Å². The number of hydrogen-bond acceptors (Lipinski definition) is 4. The van der Waals surface area contributed by atoms with Gasteiger partial charge in [-0.15, -0.1) is 0 Å². The minimum absolute atomic E-state index is 0.0594. The van der Waals surface area contributed by atoms with E-state index in [0.717, 1.165) is 0 Å². The first-order valence-corrected chi connectivity index (χ1v) is 12.7. The second-order valence-electron chi connectivity index (χ2n) is 9.90. The number of nitrogens with zero attached hydrogens (tertiary/aromatic N) is 1. The van der Waals surface area contributed by atoms with Crippen LogP contribution >= 0.6 is 0 Å². The second kappa shape index (κ2) is 12.2. The highest BCUT2D eigenvalue weighted by atomic mass is 19.4. The van der Waals surface area contributed by atoms with Crippen molar-refractivity contribution in [2.24, 2.45) is 5.92 Å². The Morgan fingerprint density at radius 1 is 1.00 bits per heavy atom. The van der Waals surface area contributed by atoms with E-state index >= 15 is 0 Å². The van der Waals surface area contributed by atoms with Gasteiger partial charge in [-0.1, -0.05) is 32.9 Å². The van der Waals surface area contributed by atoms with E-state index in [1.54, 1.807) is 6.92 Å². The number of ether oxygens (including phenoxy) is 1. The maximum Gasteiger partial charge on any atom is 0.416 e. The molecule has 0 saturated carbocycles. The van der Waals surface area contributed by atoms with Crippen molar-refractivity contribution in [2.45, 2.75) is 52.5 Å². The standard InChI is InChI=1S/C28H29F6N3O4/c1-5-10-37-16(4)22(25(39)41-14-15(2)3)23(36-26(37)40)17-6-8-21(9-7-17)35-24(38)18-11-19(27(29,30)31)13-20(12-18)28(32,33)34/h6-9,11-13,15,23H,5,10,14H2,1-4H3,(H,35,38)(H,36,40). The van der Waals surface area contributed by atoms with Crippen molar-refractivity contribution in [3.8, 4) is 0 Å². The van der Waals surface area contributed by atoms with Gasteiger partial charge >= 0.3 is 24.4 Å². The number of rotatable bonds is 8. The molecule has 1 aliphatic heterocycles. The highest BCUT2D eigenvalue weighted by molar-refractivity contribution is 6.04. The van der Waals surface area contributed by atoms with Gasteiger partial charge in [-0.25, -0.2) is 9.59 Å². The van der Waals surface area contributed by atoms with Crippen LogP contribution in [-0.4, -0.2) is 36.0 Å². The van der Waals surface area contributed by atoms with Gasteiger partial charge in [-0.05, 0) is 55.2 Å². The second-order valence-corrected chi connectivity index (χ2v) is 9.90. The van der Waals surface area contributed by atoms with Crippen LogP contribution < -0.4 is 10.6 Å². The number of anilines is 1. The number of nitrogens with one attached hydrogen (secondary N) is 2. The predicted octanol–water partition coefficient (Wildman–Crippen LogP) is 6.93. The largest absolute Gasteiger partial charge is 0.462 e. The highest BCUT2D eigenvalue weighted by Crippen LogP contribution is 2.37. The number of carbonyl (C=O) groups is 3. The SMILES string of the molecule is CCCN1C(=O)NC(c2ccc(NC(=O)c3cc(C(F)(F)F)cc(C(F)(F)F)c3)cc2)C(C(=O)OCC(C)C)=C1C. The molecule has 0 aliphatic carbocycles. The molecule has 2 N–H and O–H groups in total.